The van der Waals surface area contributed by atoms with Gasteiger partial charge in [0, 0.05) is 29.7 Å². The zero-order chi connectivity index (χ0) is 14.0. The van der Waals surface area contributed by atoms with E-state index in [1.165, 1.54) is 17.8 Å². The molecule has 2 rings (SSSR count). The molecular formula is C13H15F2N3S. The average molecular weight is 283 g/mol. The molecule has 2 N–H and O–H groups in total. The van der Waals surface area contributed by atoms with Crippen LogP contribution in [-0.2, 0) is 7.05 Å². The van der Waals surface area contributed by atoms with E-state index in [9.17, 15) is 8.78 Å². The molecule has 0 aliphatic heterocycles. The molecule has 1 aromatic carbocycles. The first-order valence-electron chi connectivity index (χ1n) is 5.83. The summed E-state index contributed by atoms with van der Waals surface area (Å²) < 4.78 is 28.5. The van der Waals surface area contributed by atoms with E-state index in [0.717, 1.165) is 17.7 Å². The Morgan fingerprint density at radius 1 is 1.37 bits per heavy atom. The Morgan fingerprint density at radius 3 is 2.68 bits per heavy atom. The Balaban J connectivity index is 2.29. The number of halogens is 2. The van der Waals surface area contributed by atoms with Crippen LogP contribution in [0.5, 0.6) is 0 Å². The minimum atomic E-state index is -0.460. The molecule has 6 heteroatoms. The van der Waals surface area contributed by atoms with Crippen molar-refractivity contribution in [3.05, 3.63) is 47.8 Å². The fraction of sp³-hybridized carbons (Fsp3) is 0.308. The van der Waals surface area contributed by atoms with Crippen molar-refractivity contribution in [3.63, 3.8) is 0 Å². The number of hydrogen-bond donors (Lipinski definition) is 1. The monoisotopic (exact) mass is 283 g/mol. The van der Waals surface area contributed by atoms with Gasteiger partial charge in [-0.3, -0.25) is 4.68 Å². The highest BCUT2D eigenvalue weighted by molar-refractivity contribution is 7.99. The number of nitrogens with two attached hydrogens (primary N) is 1. The van der Waals surface area contributed by atoms with Crippen LogP contribution in [0.15, 0.2) is 35.5 Å². The maximum atomic E-state index is 13.7. The van der Waals surface area contributed by atoms with Gasteiger partial charge in [-0.1, -0.05) is 0 Å². The smallest absolute Gasteiger partial charge is 0.136 e. The van der Waals surface area contributed by atoms with Crippen LogP contribution in [0.1, 0.15) is 17.7 Å². The second-order valence-corrected chi connectivity index (χ2v) is 5.60. The lowest BCUT2D eigenvalue weighted by atomic mass is 10.1. The highest BCUT2D eigenvalue weighted by Crippen LogP contribution is 2.38. The van der Waals surface area contributed by atoms with Crippen molar-refractivity contribution in [2.75, 3.05) is 0 Å². The summed E-state index contributed by atoms with van der Waals surface area (Å²) in [4.78, 5) is 0.256. The molecule has 0 amide bonds. The minimum absolute atomic E-state index is 0.176. The summed E-state index contributed by atoms with van der Waals surface area (Å²) in [6.07, 6.45) is 3.52. The highest BCUT2D eigenvalue weighted by atomic mass is 32.2. The van der Waals surface area contributed by atoms with E-state index in [4.69, 9.17) is 5.73 Å². The molecule has 19 heavy (non-hydrogen) atoms. The van der Waals surface area contributed by atoms with Gasteiger partial charge in [0.2, 0.25) is 0 Å². The van der Waals surface area contributed by atoms with Crippen molar-refractivity contribution in [2.24, 2.45) is 12.8 Å². The molecule has 0 radical (unpaired) electrons. The van der Waals surface area contributed by atoms with Crippen LogP contribution >= 0.6 is 11.8 Å². The predicted molar refractivity (Wildman–Crippen MR) is 71.8 cm³/mol. The van der Waals surface area contributed by atoms with Crippen LogP contribution in [0.3, 0.4) is 0 Å². The highest BCUT2D eigenvalue weighted by Gasteiger charge is 2.21. The number of aromatic nitrogens is 2. The normalized spacial score (nSPS) is 14.4. The summed E-state index contributed by atoms with van der Waals surface area (Å²) in [5.41, 5.74) is 6.83. The van der Waals surface area contributed by atoms with Gasteiger partial charge in [0.25, 0.3) is 0 Å². The fourth-order valence-corrected chi connectivity index (χ4v) is 2.88. The summed E-state index contributed by atoms with van der Waals surface area (Å²) in [5.74, 6) is -0.903. The van der Waals surface area contributed by atoms with Crippen LogP contribution in [0.2, 0.25) is 0 Å². The van der Waals surface area contributed by atoms with Crippen LogP contribution in [-0.4, -0.2) is 15.8 Å². The van der Waals surface area contributed by atoms with E-state index >= 15 is 0 Å². The quantitative estimate of drug-likeness (QED) is 0.877. The van der Waals surface area contributed by atoms with E-state index in [2.05, 4.69) is 5.10 Å². The third-order valence-electron chi connectivity index (χ3n) is 2.68. The molecule has 1 aromatic heterocycles. The lowest BCUT2D eigenvalue weighted by Gasteiger charge is -2.19. The molecule has 102 valence electrons. The van der Waals surface area contributed by atoms with E-state index < -0.39 is 11.6 Å². The molecule has 0 fully saturated rings. The second-order valence-electron chi connectivity index (χ2n) is 4.42. The summed E-state index contributed by atoms with van der Waals surface area (Å²) >= 11 is 1.21. The first kappa shape index (κ1) is 14.0. The molecule has 0 aliphatic carbocycles. The summed E-state index contributed by atoms with van der Waals surface area (Å²) in [6, 6.07) is 3.20. The third kappa shape index (κ3) is 3.33. The Kier molecular flexibility index (Phi) is 4.21. The Bertz CT molecular complexity index is 569. The SMILES string of the molecule is CC(N)C(Sc1cc(F)ccc1F)c1cnn(C)c1. The zero-order valence-electron chi connectivity index (χ0n) is 10.7. The van der Waals surface area contributed by atoms with Crippen LogP contribution in [0.25, 0.3) is 0 Å². The summed E-state index contributed by atoms with van der Waals surface area (Å²) in [6.45, 7) is 1.84. The molecule has 2 atom stereocenters. The second kappa shape index (κ2) is 5.71. The van der Waals surface area contributed by atoms with E-state index in [-0.39, 0.29) is 16.2 Å². The van der Waals surface area contributed by atoms with Crippen LogP contribution in [0, 0.1) is 11.6 Å². The zero-order valence-corrected chi connectivity index (χ0v) is 11.5. The van der Waals surface area contributed by atoms with Gasteiger partial charge in [0.1, 0.15) is 11.6 Å². The fourth-order valence-electron chi connectivity index (χ4n) is 1.77. The first-order valence-corrected chi connectivity index (χ1v) is 6.71. The average Bonchev–Trinajstić information content (AvgIpc) is 2.76. The number of benzene rings is 1. The molecular weight excluding hydrogens is 268 g/mol. The van der Waals surface area contributed by atoms with Crippen molar-refractivity contribution >= 4 is 11.8 Å². The van der Waals surface area contributed by atoms with Gasteiger partial charge < -0.3 is 5.73 Å². The molecule has 0 bridgehead atoms. The number of nitrogens with zero attached hydrogens (tertiary/aromatic N) is 2. The first-order chi connectivity index (χ1) is 8.97. The van der Waals surface area contributed by atoms with Crippen molar-refractivity contribution in [1.29, 1.82) is 0 Å². The van der Waals surface area contributed by atoms with Gasteiger partial charge in [-0.15, -0.1) is 11.8 Å². The lowest BCUT2D eigenvalue weighted by molar-refractivity contribution is 0.576. The molecule has 0 saturated carbocycles. The maximum Gasteiger partial charge on any atom is 0.136 e. The van der Waals surface area contributed by atoms with E-state index in [1.807, 2.05) is 13.1 Å². The van der Waals surface area contributed by atoms with Crippen molar-refractivity contribution in [3.8, 4) is 0 Å². The number of rotatable bonds is 4. The van der Waals surface area contributed by atoms with E-state index in [1.54, 1.807) is 17.9 Å². The van der Waals surface area contributed by atoms with Crippen molar-refractivity contribution in [1.82, 2.24) is 9.78 Å². The molecule has 0 spiro atoms. The summed E-state index contributed by atoms with van der Waals surface area (Å²) in [7, 11) is 1.80. The third-order valence-corrected chi connectivity index (χ3v) is 4.20. The molecule has 2 aromatic rings. The van der Waals surface area contributed by atoms with Crippen molar-refractivity contribution < 1.29 is 8.78 Å². The number of thioether (sulfide) groups is 1. The van der Waals surface area contributed by atoms with E-state index in [0.29, 0.717) is 0 Å². The topological polar surface area (TPSA) is 43.8 Å². The van der Waals surface area contributed by atoms with Crippen LogP contribution < -0.4 is 5.73 Å². The van der Waals surface area contributed by atoms with Crippen molar-refractivity contribution in [2.45, 2.75) is 23.1 Å². The molecule has 1 heterocycles. The summed E-state index contributed by atoms with van der Waals surface area (Å²) in [5, 5.41) is 3.91. The van der Waals surface area contributed by atoms with Gasteiger partial charge in [-0.25, -0.2) is 8.78 Å². The molecule has 3 nitrogen and oxygen atoms in total. The van der Waals surface area contributed by atoms with Gasteiger partial charge in [0.15, 0.2) is 0 Å². The maximum absolute atomic E-state index is 13.7. The van der Waals surface area contributed by atoms with Gasteiger partial charge in [0.05, 0.1) is 11.4 Å². The molecule has 0 aliphatic rings. The minimum Gasteiger partial charge on any atom is -0.327 e. The Morgan fingerprint density at radius 2 is 2.11 bits per heavy atom. The van der Waals surface area contributed by atoms with Crippen LogP contribution in [0.4, 0.5) is 8.78 Å². The van der Waals surface area contributed by atoms with Gasteiger partial charge >= 0.3 is 0 Å². The van der Waals surface area contributed by atoms with Gasteiger partial charge in [-0.2, -0.15) is 5.10 Å². The Hall–Kier alpha value is -1.40. The number of aryl methyl sites for hydroxylation is 1. The number of hydrogen-bond acceptors (Lipinski definition) is 3. The largest absolute Gasteiger partial charge is 0.327 e. The Labute approximate surface area is 114 Å². The molecule has 2 unspecified atom stereocenters. The lowest BCUT2D eigenvalue weighted by Crippen LogP contribution is -2.22. The molecule has 0 saturated heterocycles. The van der Waals surface area contributed by atoms with Gasteiger partial charge in [-0.05, 0) is 25.1 Å². The standard InChI is InChI=1S/C13H15F2N3S/c1-8(16)13(9-6-17-18(2)7-9)19-12-5-10(14)3-4-11(12)15/h3-8,13H,16H2,1-2H3. The predicted octanol–water partition coefficient (Wildman–Crippen LogP) is 2.88.